The van der Waals surface area contributed by atoms with Crippen molar-refractivity contribution in [3.63, 3.8) is 0 Å². The summed E-state index contributed by atoms with van der Waals surface area (Å²) >= 11 is 0. The van der Waals surface area contributed by atoms with Crippen LogP contribution in [0.3, 0.4) is 0 Å². The van der Waals surface area contributed by atoms with Crippen LogP contribution in [-0.4, -0.2) is 10.2 Å². The standard InChI is InChI=1S/C27H40O2/c1-6-7-8-9-10-11-12-13-14-25(23-15-19(2)26(28)20(3)16-23)24-17-21(4)27(29)22(5)18-24/h15-18,25,28-29H,6-14H2,1-5H3. The zero-order valence-corrected chi connectivity index (χ0v) is 19.1. The molecular formula is C27H40O2. The number of phenolic OH excluding ortho intramolecular Hbond substituents is 2. The van der Waals surface area contributed by atoms with Gasteiger partial charge in [0.15, 0.2) is 0 Å². The Labute approximate surface area is 178 Å². The second-order valence-electron chi connectivity index (χ2n) is 8.82. The smallest absolute Gasteiger partial charge is 0.121 e. The molecule has 0 aliphatic rings. The van der Waals surface area contributed by atoms with Crippen molar-refractivity contribution < 1.29 is 10.2 Å². The molecule has 2 aromatic rings. The van der Waals surface area contributed by atoms with Crippen molar-refractivity contribution in [2.75, 3.05) is 0 Å². The Morgan fingerprint density at radius 1 is 0.586 bits per heavy atom. The molecule has 0 aliphatic carbocycles. The summed E-state index contributed by atoms with van der Waals surface area (Å²) in [7, 11) is 0. The number of phenols is 2. The lowest BCUT2D eigenvalue weighted by Gasteiger charge is -2.21. The van der Waals surface area contributed by atoms with Crippen LogP contribution in [0.2, 0.25) is 0 Å². The summed E-state index contributed by atoms with van der Waals surface area (Å²) in [5.74, 6) is 1.10. The van der Waals surface area contributed by atoms with Crippen molar-refractivity contribution in [3.8, 4) is 11.5 Å². The van der Waals surface area contributed by atoms with Crippen LogP contribution in [0.5, 0.6) is 11.5 Å². The molecule has 2 N–H and O–H groups in total. The Morgan fingerprint density at radius 3 is 1.31 bits per heavy atom. The molecule has 0 aromatic heterocycles. The van der Waals surface area contributed by atoms with Gasteiger partial charge in [0.05, 0.1) is 0 Å². The average Bonchev–Trinajstić information content (AvgIpc) is 2.68. The molecule has 160 valence electrons. The maximum atomic E-state index is 10.2. The number of rotatable bonds is 11. The van der Waals surface area contributed by atoms with Gasteiger partial charge in [-0.2, -0.15) is 0 Å². The van der Waals surface area contributed by atoms with E-state index in [0.29, 0.717) is 17.4 Å². The molecule has 0 fully saturated rings. The van der Waals surface area contributed by atoms with Gasteiger partial charge in [-0.15, -0.1) is 0 Å². The fraction of sp³-hybridized carbons (Fsp3) is 0.556. The van der Waals surface area contributed by atoms with Crippen LogP contribution in [0.1, 0.15) is 104 Å². The van der Waals surface area contributed by atoms with E-state index in [2.05, 4.69) is 31.2 Å². The number of hydrogen-bond donors (Lipinski definition) is 2. The van der Waals surface area contributed by atoms with Gasteiger partial charge in [-0.1, -0.05) is 82.6 Å². The molecule has 2 aromatic carbocycles. The molecule has 2 rings (SSSR count). The number of aryl methyl sites for hydroxylation is 4. The third-order valence-corrected chi connectivity index (χ3v) is 6.18. The Morgan fingerprint density at radius 2 is 0.931 bits per heavy atom. The number of unbranched alkanes of at least 4 members (excludes halogenated alkanes) is 7. The third-order valence-electron chi connectivity index (χ3n) is 6.18. The van der Waals surface area contributed by atoms with Crippen molar-refractivity contribution in [2.24, 2.45) is 0 Å². The molecule has 2 nitrogen and oxygen atoms in total. The van der Waals surface area contributed by atoms with E-state index >= 15 is 0 Å². The van der Waals surface area contributed by atoms with Crippen LogP contribution in [0.25, 0.3) is 0 Å². The van der Waals surface area contributed by atoms with Gasteiger partial charge < -0.3 is 10.2 Å². The molecular weight excluding hydrogens is 356 g/mol. The average molecular weight is 397 g/mol. The minimum Gasteiger partial charge on any atom is -0.507 e. The lowest BCUT2D eigenvalue weighted by Crippen LogP contribution is -2.04. The van der Waals surface area contributed by atoms with E-state index in [1.165, 1.54) is 62.5 Å². The van der Waals surface area contributed by atoms with Crippen LogP contribution in [-0.2, 0) is 0 Å². The second-order valence-corrected chi connectivity index (χ2v) is 8.82. The lowest BCUT2D eigenvalue weighted by molar-refractivity contribution is 0.465. The Balaban J connectivity index is 2.15. The lowest BCUT2D eigenvalue weighted by atomic mass is 9.83. The molecule has 0 spiro atoms. The molecule has 0 saturated carbocycles. The van der Waals surface area contributed by atoms with E-state index in [0.717, 1.165) is 28.7 Å². The number of aromatic hydroxyl groups is 2. The summed E-state index contributed by atoms with van der Waals surface area (Å²) in [6, 6.07) is 8.54. The van der Waals surface area contributed by atoms with Gasteiger partial charge in [0.2, 0.25) is 0 Å². The minimum absolute atomic E-state index is 0.297. The van der Waals surface area contributed by atoms with Crippen molar-refractivity contribution in [1.29, 1.82) is 0 Å². The van der Waals surface area contributed by atoms with E-state index in [1.807, 2.05) is 27.7 Å². The molecule has 0 heterocycles. The van der Waals surface area contributed by atoms with Crippen molar-refractivity contribution in [2.45, 2.75) is 98.3 Å². The highest BCUT2D eigenvalue weighted by Crippen LogP contribution is 2.37. The maximum absolute atomic E-state index is 10.2. The van der Waals surface area contributed by atoms with Gasteiger partial charge >= 0.3 is 0 Å². The van der Waals surface area contributed by atoms with E-state index < -0.39 is 0 Å². The Bertz CT molecular complexity index is 688. The summed E-state index contributed by atoms with van der Waals surface area (Å²) in [5, 5.41) is 20.4. The molecule has 2 heteroatoms. The molecule has 0 saturated heterocycles. The first-order valence-corrected chi connectivity index (χ1v) is 11.4. The fourth-order valence-corrected chi connectivity index (χ4v) is 4.39. The fourth-order valence-electron chi connectivity index (χ4n) is 4.39. The Kier molecular flexibility index (Phi) is 9.07. The highest BCUT2D eigenvalue weighted by atomic mass is 16.3. The second kappa shape index (κ2) is 11.3. The molecule has 29 heavy (non-hydrogen) atoms. The van der Waals surface area contributed by atoms with Gasteiger partial charge in [0, 0.05) is 5.92 Å². The van der Waals surface area contributed by atoms with E-state index in [-0.39, 0.29) is 0 Å². The predicted molar refractivity (Wildman–Crippen MR) is 124 cm³/mol. The molecule has 0 bridgehead atoms. The van der Waals surface area contributed by atoms with Gasteiger partial charge in [-0.05, 0) is 67.5 Å². The highest BCUT2D eigenvalue weighted by Gasteiger charge is 2.18. The normalized spacial score (nSPS) is 11.4. The molecule has 0 aliphatic heterocycles. The predicted octanol–water partition coefficient (Wildman–Crippen LogP) is 7.99. The van der Waals surface area contributed by atoms with Crippen LogP contribution in [0, 0.1) is 27.7 Å². The summed E-state index contributed by atoms with van der Waals surface area (Å²) in [6.07, 6.45) is 11.6. The van der Waals surface area contributed by atoms with Gasteiger partial charge in [0.1, 0.15) is 11.5 Å². The van der Waals surface area contributed by atoms with Crippen molar-refractivity contribution >= 4 is 0 Å². The van der Waals surface area contributed by atoms with Crippen LogP contribution < -0.4 is 0 Å². The van der Waals surface area contributed by atoms with Gasteiger partial charge in [-0.3, -0.25) is 0 Å². The summed E-state index contributed by atoms with van der Waals surface area (Å²) in [6.45, 7) is 10.2. The molecule has 0 unspecified atom stereocenters. The van der Waals surface area contributed by atoms with Crippen LogP contribution in [0.4, 0.5) is 0 Å². The largest absolute Gasteiger partial charge is 0.507 e. The summed E-state index contributed by atoms with van der Waals surface area (Å²) < 4.78 is 0. The zero-order valence-electron chi connectivity index (χ0n) is 19.1. The van der Waals surface area contributed by atoms with Crippen molar-refractivity contribution in [3.05, 3.63) is 57.6 Å². The quantitative estimate of drug-likeness (QED) is 0.378. The molecule has 0 amide bonds. The monoisotopic (exact) mass is 396 g/mol. The molecule has 0 atom stereocenters. The van der Waals surface area contributed by atoms with E-state index in [1.54, 1.807) is 0 Å². The minimum atomic E-state index is 0.297. The summed E-state index contributed by atoms with van der Waals surface area (Å²) in [5.41, 5.74) is 6.29. The van der Waals surface area contributed by atoms with E-state index in [4.69, 9.17) is 0 Å². The SMILES string of the molecule is CCCCCCCCCCC(c1cc(C)c(O)c(C)c1)c1cc(C)c(O)c(C)c1. The maximum Gasteiger partial charge on any atom is 0.121 e. The zero-order chi connectivity index (χ0) is 21.4. The number of benzene rings is 2. The molecule has 0 radical (unpaired) electrons. The topological polar surface area (TPSA) is 40.5 Å². The Hall–Kier alpha value is -1.96. The van der Waals surface area contributed by atoms with Gasteiger partial charge in [-0.25, -0.2) is 0 Å². The highest BCUT2D eigenvalue weighted by molar-refractivity contribution is 5.49. The van der Waals surface area contributed by atoms with Gasteiger partial charge in [0.25, 0.3) is 0 Å². The summed E-state index contributed by atoms with van der Waals surface area (Å²) in [4.78, 5) is 0. The first-order chi connectivity index (χ1) is 13.8. The first-order valence-electron chi connectivity index (χ1n) is 11.4. The first kappa shape index (κ1) is 23.3. The van der Waals surface area contributed by atoms with Crippen LogP contribution >= 0.6 is 0 Å². The van der Waals surface area contributed by atoms with E-state index in [9.17, 15) is 10.2 Å². The number of hydrogen-bond acceptors (Lipinski definition) is 2. The van der Waals surface area contributed by atoms with Crippen molar-refractivity contribution in [1.82, 2.24) is 0 Å². The van der Waals surface area contributed by atoms with Crippen LogP contribution in [0.15, 0.2) is 24.3 Å². The third kappa shape index (κ3) is 6.52.